The summed E-state index contributed by atoms with van der Waals surface area (Å²) in [5, 5.41) is 11.3. The van der Waals surface area contributed by atoms with Crippen LogP contribution in [0, 0.1) is 0 Å². The van der Waals surface area contributed by atoms with Crippen molar-refractivity contribution >= 4 is 5.84 Å². The van der Waals surface area contributed by atoms with Crippen LogP contribution in [0.5, 0.6) is 0 Å². The SMILES string of the molecule is CC1(C)CN(CC/C(N)=N/O)CCO1. The fourth-order valence-corrected chi connectivity index (χ4v) is 1.63. The summed E-state index contributed by atoms with van der Waals surface area (Å²) in [5.74, 6) is 0.286. The molecule has 0 aromatic carbocycles. The molecule has 1 saturated heterocycles. The van der Waals surface area contributed by atoms with Gasteiger partial charge in [0, 0.05) is 26.1 Å². The van der Waals surface area contributed by atoms with E-state index in [2.05, 4.69) is 23.9 Å². The Balaban J connectivity index is 2.31. The Labute approximate surface area is 84.5 Å². The van der Waals surface area contributed by atoms with Crippen LogP contribution in [0.15, 0.2) is 5.16 Å². The fourth-order valence-electron chi connectivity index (χ4n) is 1.63. The molecule has 5 nitrogen and oxygen atoms in total. The summed E-state index contributed by atoms with van der Waals surface area (Å²) in [7, 11) is 0. The van der Waals surface area contributed by atoms with Gasteiger partial charge in [-0.05, 0) is 13.8 Å². The third kappa shape index (κ3) is 3.51. The van der Waals surface area contributed by atoms with Gasteiger partial charge in [-0.1, -0.05) is 5.16 Å². The van der Waals surface area contributed by atoms with Gasteiger partial charge in [-0.25, -0.2) is 0 Å². The first-order valence-electron chi connectivity index (χ1n) is 4.86. The van der Waals surface area contributed by atoms with Gasteiger partial charge in [0.15, 0.2) is 0 Å². The molecule has 0 amide bonds. The van der Waals surface area contributed by atoms with Crippen molar-refractivity contribution in [1.82, 2.24) is 4.90 Å². The van der Waals surface area contributed by atoms with Gasteiger partial charge in [0.1, 0.15) is 5.84 Å². The van der Waals surface area contributed by atoms with Crippen molar-refractivity contribution in [2.24, 2.45) is 10.9 Å². The average molecular weight is 201 g/mol. The molecule has 0 bridgehead atoms. The van der Waals surface area contributed by atoms with E-state index >= 15 is 0 Å². The predicted molar refractivity (Wildman–Crippen MR) is 54.5 cm³/mol. The van der Waals surface area contributed by atoms with Crippen molar-refractivity contribution in [2.75, 3.05) is 26.2 Å². The quantitative estimate of drug-likeness (QED) is 0.297. The van der Waals surface area contributed by atoms with Crippen LogP contribution in [0.1, 0.15) is 20.3 Å². The zero-order valence-corrected chi connectivity index (χ0v) is 8.86. The zero-order chi connectivity index (χ0) is 10.6. The third-order valence-corrected chi connectivity index (χ3v) is 2.32. The highest BCUT2D eigenvalue weighted by molar-refractivity contribution is 5.79. The van der Waals surface area contributed by atoms with Crippen LogP contribution in [-0.4, -0.2) is 47.8 Å². The minimum Gasteiger partial charge on any atom is -0.409 e. The molecule has 1 rings (SSSR count). The molecule has 82 valence electrons. The maximum atomic E-state index is 8.39. The standard InChI is InChI=1S/C9H19N3O2/c1-9(2)7-12(5-6-14-9)4-3-8(10)11-13/h13H,3-7H2,1-2H3,(H2,10,11). The van der Waals surface area contributed by atoms with E-state index in [4.69, 9.17) is 15.7 Å². The Bertz CT molecular complexity index is 216. The smallest absolute Gasteiger partial charge is 0.140 e. The molecule has 0 spiro atoms. The Morgan fingerprint density at radius 3 is 2.93 bits per heavy atom. The largest absolute Gasteiger partial charge is 0.409 e. The summed E-state index contributed by atoms with van der Waals surface area (Å²) >= 11 is 0. The van der Waals surface area contributed by atoms with Crippen LogP contribution in [-0.2, 0) is 4.74 Å². The highest BCUT2D eigenvalue weighted by atomic mass is 16.5. The fraction of sp³-hybridized carbons (Fsp3) is 0.889. The lowest BCUT2D eigenvalue weighted by atomic mass is 10.1. The van der Waals surface area contributed by atoms with Crippen LogP contribution in [0.25, 0.3) is 0 Å². The minimum atomic E-state index is -0.0800. The van der Waals surface area contributed by atoms with Crippen molar-refractivity contribution in [3.63, 3.8) is 0 Å². The summed E-state index contributed by atoms with van der Waals surface area (Å²) in [6, 6.07) is 0. The highest BCUT2D eigenvalue weighted by Crippen LogP contribution is 2.16. The van der Waals surface area contributed by atoms with E-state index in [0.29, 0.717) is 6.42 Å². The van der Waals surface area contributed by atoms with E-state index in [9.17, 15) is 0 Å². The van der Waals surface area contributed by atoms with Crippen molar-refractivity contribution in [2.45, 2.75) is 25.9 Å². The van der Waals surface area contributed by atoms with Gasteiger partial charge < -0.3 is 15.7 Å². The number of nitrogens with zero attached hydrogens (tertiary/aromatic N) is 2. The summed E-state index contributed by atoms with van der Waals surface area (Å²) < 4.78 is 5.58. The van der Waals surface area contributed by atoms with E-state index in [1.165, 1.54) is 0 Å². The molecule has 3 N–H and O–H groups in total. The maximum Gasteiger partial charge on any atom is 0.140 e. The van der Waals surface area contributed by atoms with Gasteiger partial charge in [0.2, 0.25) is 0 Å². The van der Waals surface area contributed by atoms with Gasteiger partial charge in [0.25, 0.3) is 0 Å². The van der Waals surface area contributed by atoms with Gasteiger partial charge in [-0.2, -0.15) is 0 Å². The number of amidine groups is 1. The van der Waals surface area contributed by atoms with Crippen LogP contribution in [0.3, 0.4) is 0 Å². The molecular weight excluding hydrogens is 182 g/mol. The van der Waals surface area contributed by atoms with E-state index in [1.807, 2.05) is 0 Å². The van der Waals surface area contributed by atoms with E-state index in [0.717, 1.165) is 26.2 Å². The molecule has 5 heteroatoms. The third-order valence-electron chi connectivity index (χ3n) is 2.32. The molecule has 0 aliphatic carbocycles. The molecule has 0 atom stereocenters. The zero-order valence-electron chi connectivity index (χ0n) is 8.86. The number of ether oxygens (including phenoxy) is 1. The number of nitrogens with two attached hydrogens (primary N) is 1. The first-order chi connectivity index (χ1) is 6.53. The summed E-state index contributed by atoms with van der Waals surface area (Å²) in [5.41, 5.74) is 5.32. The van der Waals surface area contributed by atoms with Gasteiger partial charge in [-0.15, -0.1) is 0 Å². The van der Waals surface area contributed by atoms with Crippen LogP contribution >= 0.6 is 0 Å². The average Bonchev–Trinajstić information content (AvgIpc) is 2.12. The normalized spacial score (nSPS) is 23.7. The number of oxime groups is 1. The minimum absolute atomic E-state index is 0.0800. The molecule has 1 aliphatic rings. The molecule has 14 heavy (non-hydrogen) atoms. The van der Waals surface area contributed by atoms with E-state index in [-0.39, 0.29) is 11.4 Å². The lowest BCUT2D eigenvalue weighted by Crippen LogP contribution is -2.48. The number of rotatable bonds is 3. The van der Waals surface area contributed by atoms with Crippen molar-refractivity contribution in [3.8, 4) is 0 Å². The van der Waals surface area contributed by atoms with Gasteiger partial charge in [-0.3, -0.25) is 4.90 Å². The van der Waals surface area contributed by atoms with Gasteiger partial charge in [0.05, 0.1) is 12.2 Å². The van der Waals surface area contributed by atoms with E-state index in [1.54, 1.807) is 0 Å². The molecule has 0 radical (unpaired) electrons. The highest BCUT2D eigenvalue weighted by Gasteiger charge is 2.26. The molecule has 1 aliphatic heterocycles. The maximum absolute atomic E-state index is 8.39. The second kappa shape index (κ2) is 4.61. The molecule has 1 fully saturated rings. The van der Waals surface area contributed by atoms with Crippen molar-refractivity contribution in [3.05, 3.63) is 0 Å². The second-order valence-electron chi connectivity index (χ2n) is 4.23. The second-order valence-corrected chi connectivity index (χ2v) is 4.23. The topological polar surface area (TPSA) is 71.1 Å². The Hall–Kier alpha value is -0.810. The van der Waals surface area contributed by atoms with Crippen molar-refractivity contribution in [1.29, 1.82) is 0 Å². The molecule has 0 aromatic rings. The molecule has 0 unspecified atom stereocenters. The van der Waals surface area contributed by atoms with Crippen LogP contribution in [0.2, 0.25) is 0 Å². The summed E-state index contributed by atoms with van der Waals surface area (Å²) in [4.78, 5) is 2.27. The van der Waals surface area contributed by atoms with E-state index < -0.39 is 0 Å². The van der Waals surface area contributed by atoms with Gasteiger partial charge >= 0.3 is 0 Å². The summed E-state index contributed by atoms with van der Waals surface area (Å²) in [6.45, 7) is 7.53. The molecular formula is C9H19N3O2. The number of hydrogen-bond acceptors (Lipinski definition) is 4. The first-order valence-corrected chi connectivity index (χ1v) is 4.86. The lowest BCUT2D eigenvalue weighted by Gasteiger charge is -2.38. The Kier molecular flexibility index (Phi) is 3.71. The molecule has 0 saturated carbocycles. The predicted octanol–water partition coefficient (Wildman–Crippen LogP) is 0.234. The monoisotopic (exact) mass is 201 g/mol. The number of morpholine rings is 1. The van der Waals surface area contributed by atoms with Crippen LogP contribution < -0.4 is 5.73 Å². The van der Waals surface area contributed by atoms with Crippen molar-refractivity contribution < 1.29 is 9.94 Å². The molecule has 1 heterocycles. The Morgan fingerprint density at radius 1 is 1.64 bits per heavy atom. The first kappa shape index (κ1) is 11.3. The Morgan fingerprint density at radius 2 is 2.36 bits per heavy atom. The van der Waals surface area contributed by atoms with Crippen LogP contribution in [0.4, 0.5) is 0 Å². The lowest BCUT2D eigenvalue weighted by molar-refractivity contribution is -0.0852. The summed E-state index contributed by atoms with van der Waals surface area (Å²) in [6.07, 6.45) is 0.604. The number of hydrogen-bond donors (Lipinski definition) is 2. The molecule has 0 aromatic heterocycles.